The Labute approximate surface area is 101 Å². The van der Waals surface area contributed by atoms with E-state index in [0.29, 0.717) is 13.0 Å². The van der Waals surface area contributed by atoms with Gasteiger partial charge in [-0.15, -0.1) is 0 Å². The van der Waals surface area contributed by atoms with Gasteiger partial charge in [0.25, 0.3) is 11.9 Å². The van der Waals surface area contributed by atoms with Crippen LogP contribution in [-0.2, 0) is 4.74 Å². The van der Waals surface area contributed by atoms with Gasteiger partial charge in [0.2, 0.25) is 11.6 Å². The molecule has 2 unspecified atom stereocenters. The summed E-state index contributed by atoms with van der Waals surface area (Å²) in [6, 6.07) is -0.338. The largest absolute Gasteiger partial charge is 0.376 e. The lowest BCUT2D eigenvalue weighted by atomic mass is 10.1. The number of pyridine rings is 1. The monoisotopic (exact) mass is 264 g/mol. The van der Waals surface area contributed by atoms with Gasteiger partial charge in [-0.1, -0.05) is 0 Å². The van der Waals surface area contributed by atoms with Crippen molar-refractivity contribution in [2.75, 3.05) is 18.6 Å². The zero-order chi connectivity index (χ0) is 13.4. The summed E-state index contributed by atoms with van der Waals surface area (Å²) in [5.41, 5.74) is -0.748. The van der Waals surface area contributed by atoms with Crippen molar-refractivity contribution in [3.05, 3.63) is 23.5 Å². The number of likely N-dealkylation sites (N-methyl/N-ethyl adjacent to an activating group) is 1. The van der Waals surface area contributed by atoms with E-state index in [9.17, 15) is 17.6 Å². The fourth-order valence-electron chi connectivity index (χ4n) is 2.18. The van der Waals surface area contributed by atoms with Crippen LogP contribution in [0.1, 0.15) is 13.3 Å². The van der Waals surface area contributed by atoms with Crippen LogP contribution >= 0.6 is 0 Å². The molecule has 100 valence electrons. The Morgan fingerprint density at radius 2 is 1.72 bits per heavy atom. The third-order valence-electron chi connectivity index (χ3n) is 3.16. The first kappa shape index (κ1) is 13.1. The van der Waals surface area contributed by atoms with E-state index in [1.807, 2.05) is 0 Å². The summed E-state index contributed by atoms with van der Waals surface area (Å²) in [6.45, 7) is 2.17. The van der Waals surface area contributed by atoms with Crippen molar-refractivity contribution in [3.63, 3.8) is 0 Å². The van der Waals surface area contributed by atoms with Crippen LogP contribution in [0.2, 0.25) is 0 Å². The molecule has 1 fully saturated rings. The van der Waals surface area contributed by atoms with E-state index in [2.05, 4.69) is 4.98 Å². The van der Waals surface area contributed by atoms with E-state index in [1.165, 1.54) is 7.05 Å². The van der Waals surface area contributed by atoms with Gasteiger partial charge in [-0.3, -0.25) is 0 Å². The third kappa shape index (κ3) is 2.03. The molecule has 0 saturated carbocycles. The van der Waals surface area contributed by atoms with Crippen LogP contribution < -0.4 is 4.90 Å². The molecule has 2 heterocycles. The zero-order valence-electron chi connectivity index (χ0n) is 9.88. The Hall–Kier alpha value is -1.37. The highest BCUT2D eigenvalue weighted by Gasteiger charge is 2.33. The number of hydrogen-bond donors (Lipinski definition) is 0. The van der Waals surface area contributed by atoms with Crippen molar-refractivity contribution in [2.24, 2.45) is 0 Å². The van der Waals surface area contributed by atoms with Crippen molar-refractivity contribution >= 4 is 5.69 Å². The Kier molecular flexibility index (Phi) is 3.43. The first-order chi connectivity index (χ1) is 8.43. The number of ether oxygens (including phenoxy) is 1. The molecule has 2 atom stereocenters. The molecular formula is C11H12F4N2O. The summed E-state index contributed by atoms with van der Waals surface area (Å²) in [4.78, 5) is 3.68. The molecule has 1 aliphatic heterocycles. The van der Waals surface area contributed by atoms with Crippen LogP contribution in [-0.4, -0.2) is 30.8 Å². The second-order valence-corrected chi connectivity index (χ2v) is 4.21. The fraction of sp³-hybridized carbons (Fsp3) is 0.545. The van der Waals surface area contributed by atoms with Crippen LogP contribution in [0.5, 0.6) is 0 Å². The standard InChI is InChI=1S/C11H12F4N2O/c1-5-6(3-4-18-5)17(2)9-7(12)10(14)16-11(15)8(9)13/h5-6H,3-4H2,1-2H3. The minimum absolute atomic E-state index is 0.270. The predicted molar refractivity (Wildman–Crippen MR) is 56.3 cm³/mol. The minimum Gasteiger partial charge on any atom is -0.376 e. The predicted octanol–water partition coefficient (Wildman–Crippen LogP) is 2.25. The number of aromatic nitrogens is 1. The molecule has 1 aromatic rings. The number of anilines is 1. The van der Waals surface area contributed by atoms with Crippen LogP contribution in [0.15, 0.2) is 0 Å². The molecule has 0 aromatic carbocycles. The van der Waals surface area contributed by atoms with Crippen molar-refractivity contribution in [1.82, 2.24) is 4.98 Å². The molecule has 0 bridgehead atoms. The summed E-state index contributed by atoms with van der Waals surface area (Å²) < 4.78 is 58.4. The lowest BCUT2D eigenvalue weighted by molar-refractivity contribution is 0.118. The van der Waals surface area contributed by atoms with Gasteiger partial charge in [0.1, 0.15) is 5.69 Å². The molecule has 0 aliphatic carbocycles. The second kappa shape index (κ2) is 4.72. The van der Waals surface area contributed by atoms with Gasteiger partial charge in [0.05, 0.1) is 12.1 Å². The summed E-state index contributed by atoms with van der Waals surface area (Å²) in [7, 11) is 1.37. The summed E-state index contributed by atoms with van der Waals surface area (Å²) >= 11 is 0. The van der Waals surface area contributed by atoms with E-state index in [4.69, 9.17) is 4.74 Å². The molecule has 0 radical (unpaired) electrons. The summed E-state index contributed by atoms with van der Waals surface area (Å²) in [5.74, 6) is -6.28. The van der Waals surface area contributed by atoms with E-state index in [1.54, 1.807) is 6.92 Å². The first-order valence-corrected chi connectivity index (χ1v) is 5.48. The van der Waals surface area contributed by atoms with Crippen molar-refractivity contribution in [2.45, 2.75) is 25.5 Å². The molecule has 1 saturated heterocycles. The number of nitrogens with zero attached hydrogens (tertiary/aromatic N) is 2. The van der Waals surface area contributed by atoms with E-state index in [-0.39, 0.29) is 12.1 Å². The Balaban J connectivity index is 2.44. The molecule has 0 amide bonds. The maximum absolute atomic E-state index is 13.5. The van der Waals surface area contributed by atoms with Gasteiger partial charge < -0.3 is 9.64 Å². The van der Waals surface area contributed by atoms with Crippen molar-refractivity contribution in [1.29, 1.82) is 0 Å². The number of hydrogen-bond acceptors (Lipinski definition) is 3. The second-order valence-electron chi connectivity index (χ2n) is 4.21. The van der Waals surface area contributed by atoms with Gasteiger partial charge in [0.15, 0.2) is 0 Å². The average molecular weight is 264 g/mol. The Bertz CT molecular complexity index is 443. The maximum Gasteiger partial charge on any atom is 0.253 e. The van der Waals surface area contributed by atoms with E-state index < -0.39 is 29.2 Å². The molecular weight excluding hydrogens is 252 g/mol. The normalized spacial score (nSPS) is 23.4. The van der Waals surface area contributed by atoms with E-state index >= 15 is 0 Å². The SMILES string of the molecule is CC1OCCC1N(C)c1c(F)c(F)nc(F)c1F. The Morgan fingerprint density at radius 3 is 2.17 bits per heavy atom. The maximum atomic E-state index is 13.5. The van der Waals surface area contributed by atoms with Crippen LogP contribution in [0, 0.1) is 23.5 Å². The number of halogens is 4. The van der Waals surface area contributed by atoms with Gasteiger partial charge >= 0.3 is 0 Å². The highest BCUT2D eigenvalue weighted by Crippen LogP contribution is 2.30. The molecule has 3 nitrogen and oxygen atoms in total. The Morgan fingerprint density at radius 1 is 1.17 bits per heavy atom. The van der Waals surface area contributed by atoms with Gasteiger partial charge in [-0.05, 0) is 13.3 Å². The highest BCUT2D eigenvalue weighted by molar-refractivity contribution is 5.49. The van der Waals surface area contributed by atoms with Gasteiger partial charge in [-0.25, -0.2) is 0 Å². The molecule has 18 heavy (non-hydrogen) atoms. The number of rotatable bonds is 2. The molecule has 7 heteroatoms. The average Bonchev–Trinajstić information content (AvgIpc) is 2.73. The topological polar surface area (TPSA) is 25.4 Å². The van der Waals surface area contributed by atoms with Crippen LogP contribution in [0.3, 0.4) is 0 Å². The smallest absolute Gasteiger partial charge is 0.253 e. The lowest BCUT2D eigenvalue weighted by Crippen LogP contribution is -2.38. The highest BCUT2D eigenvalue weighted by atomic mass is 19.2. The molecule has 0 spiro atoms. The van der Waals surface area contributed by atoms with Gasteiger partial charge in [0, 0.05) is 13.7 Å². The molecule has 1 aromatic heterocycles. The van der Waals surface area contributed by atoms with Crippen molar-refractivity contribution < 1.29 is 22.3 Å². The summed E-state index contributed by atoms with van der Waals surface area (Å²) in [5, 5.41) is 0. The third-order valence-corrected chi connectivity index (χ3v) is 3.16. The molecule has 2 rings (SSSR count). The van der Waals surface area contributed by atoms with Crippen molar-refractivity contribution in [3.8, 4) is 0 Å². The molecule has 1 aliphatic rings. The summed E-state index contributed by atoms with van der Waals surface area (Å²) in [6.07, 6.45) is 0.260. The molecule has 0 N–H and O–H groups in total. The minimum atomic E-state index is -1.65. The fourth-order valence-corrected chi connectivity index (χ4v) is 2.18. The van der Waals surface area contributed by atoms with E-state index in [0.717, 1.165) is 4.90 Å². The first-order valence-electron chi connectivity index (χ1n) is 5.48. The van der Waals surface area contributed by atoms with Crippen LogP contribution in [0.4, 0.5) is 23.2 Å². The lowest BCUT2D eigenvalue weighted by Gasteiger charge is -2.29. The van der Waals surface area contributed by atoms with Crippen LogP contribution in [0.25, 0.3) is 0 Å². The quantitative estimate of drug-likeness (QED) is 0.605. The zero-order valence-corrected chi connectivity index (χ0v) is 9.88. The van der Waals surface area contributed by atoms with Gasteiger partial charge in [-0.2, -0.15) is 22.5 Å².